The van der Waals surface area contributed by atoms with Crippen molar-refractivity contribution in [2.24, 2.45) is 11.7 Å². The number of rotatable bonds is 4. The van der Waals surface area contributed by atoms with Gasteiger partial charge in [-0.2, -0.15) is 0 Å². The van der Waals surface area contributed by atoms with Crippen molar-refractivity contribution in [2.75, 3.05) is 7.11 Å². The molecule has 0 fully saturated rings. The number of ether oxygens (including phenoxy) is 1. The maximum absolute atomic E-state index is 6.09. The monoisotopic (exact) mass is 194 g/mol. The number of nitrogens with zero attached hydrogens (tertiary/aromatic N) is 1. The van der Waals surface area contributed by atoms with Crippen molar-refractivity contribution < 1.29 is 4.74 Å². The Hall–Kier alpha value is -0.930. The molecular formula is C11H18N2O. The third-order valence-electron chi connectivity index (χ3n) is 2.35. The van der Waals surface area contributed by atoms with Gasteiger partial charge in [0, 0.05) is 19.5 Å². The van der Waals surface area contributed by atoms with Gasteiger partial charge in [0.25, 0.3) is 0 Å². The summed E-state index contributed by atoms with van der Waals surface area (Å²) in [7, 11) is 1.70. The van der Waals surface area contributed by atoms with Gasteiger partial charge in [-0.05, 0) is 17.5 Å². The molecule has 1 rings (SSSR count). The first kappa shape index (κ1) is 11.1. The lowest BCUT2D eigenvalue weighted by atomic mass is 9.95. The molecule has 0 aliphatic heterocycles. The van der Waals surface area contributed by atoms with Crippen molar-refractivity contribution >= 4 is 0 Å². The molecule has 0 amide bonds. The molecule has 2 unspecified atom stereocenters. The van der Waals surface area contributed by atoms with Crippen LogP contribution >= 0.6 is 0 Å². The van der Waals surface area contributed by atoms with Crippen LogP contribution in [0.5, 0.6) is 0 Å². The van der Waals surface area contributed by atoms with Gasteiger partial charge in [0.05, 0.1) is 12.1 Å². The Morgan fingerprint density at radius 2 is 2.14 bits per heavy atom. The molecule has 3 heteroatoms. The third kappa shape index (κ3) is 2.53. The Morgan fingerprint density at radius 3 is 2.57 bits per heavy atom. The van der Waals surface area contributed by atoms with Crippen molar-refractivity contribution in [2.45, 2.75) is 26.0 Å². The molecule has 3 nitrogen and oxygen atoms in total. The average molecular weight is 194 g/mol. The Balaban J connectivity index is 2.78. The highest BCUT2D eigenvalue weighted by atomic mass is 16.5. The zero-order chi connectivity index (χ0) is 10.6. The van der Waals surface area contributed by atoms with E-state index in [1.54, 1.807) is 19.5 Å². The predicted octanol–water partition coefficient (Wildman–Crippen LogP) is 1.75. The molecule has 1 heterocycles. The van der Waals surface area contributed by atoms with E-state index in [1.165, 1.54) is 0 Å². The van der Waals surface area contributed by atoms with E-state index in [2.05, 4.69) is 18.8 Å². The van der Waals surface area contributed by atoms with Crippen LogP contribution in [0.4, 0.5) is 0 Å². The molecule has 1 aromatic heterocycles. The first-order chi connectivity index (χ1) is 6.66. The molecule has 14 heavy (non-hydrogen) atoms. The fourth-order valence-corrected chi connectivity index (χ4v) is 1.60. The van der Waals surface area contributed by atoms with Crippen molar-refractivity contribution in [3.63, 3.8) is 0 Å². The van der Waals surface area contributed by atoms with Gasteiger partial charge in [-0.25, -0.2) is 0 Å². The fraction of sp³-hybridized carbons (Fsp3) is 0.545. The van der Waals surface area contributed by atoms with E-state index in [0.29, 0.717) is 5.92 Å². The Bertz CT molecular complexity index is 261. The fourth-order valence-electron chi connectivity index (χ4n) is 1.60. The maximum atomic E-state index is 6.09. The maximum Gasteiger partial charge on any atom is 0.0787 e. The van der Waals surface area contributed by atoms with Crippen molar-refractivity contribution in [1.29, 1.82) is 0 Å². The molecule has 0 saturated carbocycles. The Morgan fingerprint density at radius 1 is 1.43 bits per heavy atom. The largest absolute Gasteiger partial charge is 0.379 e. The molecule has 0 aromatic carbocycles. The van der Waals surface area contributed by atoms with Crippen LogP contribution in [-0.4, -0.2) is 18.2 Å². The van der Waals surface area contributed by atoms with E-state index in [-0.39, 0.29) is 12.1 Å². The lowest BCUT2D eigenvalue weighted by Crippen LogP contribution is -2.32. The molecular weight excluding hydrogens is 176 g/mol. The highest BCUT2D eigenvalue weighted by molar-refractivity contribution is 5.15. The molecule has 78 valence electrons. The van der Waals surface area contributed by atoms with Crippen molar-refractivity contribution in [1.82, 2.24) is 4.98 Å². The summed E-state index contributed by atoms with van der Waals surface area (Å²) in [5, 5.41) is 0. The van der Waals surface area contributed by atoms with Crippen LogP contribution < -0.4 is 5.73 Å². The molecule has 2 atom stereocenters. The van der Waals surface area contributed by atoms with E-state index in [1.807, 2.05) is 12.1 Å². The standard InChI is InChI=1S/C11H18N2O/c1-8(2)11(14-3)10(12)9-5-4-6-13-7-9/h4-8,10-11H,12H2,1-3H3. The zero-order valence-electron chi connectivity index (χ0n) is 8.97. The van der Waals surface area contributed by atoms with Crippen molar-refractivity contribution in [3.8, 4) is 0 Å². The quantitative estimate of drug-likeness (QED) is 0.794. The molecule has 1 aromatic rings. The minimum absolute atomic E-state index is 0.0409. The highest BCUT2D eigenvalue weighted by Gasteiger charge is 2.22. The minimum atomic E-state index is -0.103. The molecule has 0 bridgehead atoms. The molecule has 0 radical (unpaired) electrons. The van der Waals surface area contributed by atoms with Gasteiger partial charge in [-0.1, -0.05) is 19.9 Å². The third-order valence-corrected chi connectivity index (χ3v) is 2.35. The van der Waals surface area contributed by atoms with Crippen LogP contribution in [0, 0.1) is 5.92 Å². The first-order valence-corrected chi connectivity index (χ1v) is 4.85. The van der Waals surface area contributed by atoms with E-state index in [0.717, 1.165) is 5.56 Å². The van der Waals surface area contributed by atoms with E-state index in [9.17, 15) is 0 Å². The second-order valence-corrected chi connectivity index (χ2v) is 3.76. The van der Waals surface area contributed by atoms with Gasteiger partial charge in [-0.3, -0.25) is 4.98 Å². The van der Waals surface area contributed by atoms with Crippen molar-refractivity contribution in [3.05, 3.63) is 30.1 Å². The van der Waals surface area contributed by atoms with Gasteiger partial charge in [-0.15, -0.1) is 0 Å². The van der Waals surface area contributed by atoms with Gasteiger partial charge >= 0.3 is 0 Å². The highest BCUT2D eigenvalue weighted by Crippen LogP contribution is 2.20. The SMILES string of the molecule is COC(C(C)C)C(N)c1cccnc1. The summed E-state index contributed by atoms with van der Waals surface area (Å²) in [6, 6.07) is 3.77. The van der Waals surface area contributed by atoms with Gasteiger partial charge in [0.15, 0.2) is 0 Å². The summed E-state index contributed by atoms with van der Waals surface area (Å²) in [5.41, 5.74) is 7.11. The minimum Gasteiger partial charge on any atom is -0.379 e. The van der Waals surface area contributed by atoms with Gasteiger partial charge in [0.2, 0.25) is 0 Å². The Labute approximate surface area is 85.3 Å². The molecule has 0 aliphatic carbocycles. The van der Waals surface area contributed by atoms with Gasteiger partial charge < -0.3 is 10.5 Å². The second-order valence-electron chi connectivity index (χ2n) is 3.76. The van der Waals surface area contributed by atoms with Crippen LogP contribution in [0.15, 0.2) is 24.5 Å². The lowest BCUT2D eigenvalue weighted by molar-refractivity contribution is 0.0436. The number of nitrogens with two attached hydrogens (primary N) is 1. The van der Waals surface area contributed by atoms with Crippen LogP contribution in [-0.2, 0) is 4.74 Å². The summed E-state index contributed by atoms with van der Waals surface area (Å²) < 4.78 is 5.38. The molecule has 2 N–H and O–H groups in total. The number of methoxy groups -OCH3 is 1. The molecule has 0 spiro atoms. The summed E-state index contributed by atoms with van der Waals surface area (Å²) in [5.74, 6) is 0.398. The average Bonchev–Trinajstić information content (AvgIpc) is 2.19. The van der Waals surface area contributed by atoms with Gasteiger partial charge in [0.1, 0.15) is 0 Å². The first-order valence-electron chi connectivity index (χ1n) is 4.85. The van der Waals surface area contributed by atoms with Crippen LogP contribution in [0.1, 0.15) is 25.5 Å². The molecule has 0 saturated heterocycles. The van der Waals surface area contributed by atoms with Crippen LogP contribution in [0.3, 0.4) is 0 Å². The number of hydrogen-bond acceptors (Lipinski definition) is 3. The molecule has 0 aliphatic rings. The predicted molar refractivity (Wildman–Crippen MR) is 56.8 cm³/mol. The summed E-state index contributed by atoms with van der Waals surface area (Å²) in [6.45, 7) is 4.20. The normalized spacial score (nSPS) is 15.5. The summed E-state index contributed by atoms with van der Waals surface area (Å²) in [4.78, 5) is 4.05. The van der Waals surface area contributed by atoms with Crippen LogP contribution in [0.2, 0.25) is 0 Å². The van der Waals surface area contributed by atoms with E-state index >= 15 is 0 Å². The number of pyridine rings is 1. The smallest absolute Gasteiger partial charge is 0.0787 e. The zero-order valence-corrected chi connectivity index (χ0v) is 8.97. The lowest BCUT2D eigenvalue weighted by Gasteiger charge is -2.25. The Kier molecular flexibility index (Phi) is 4.04. The van der Waals surface area contributed by atoms with E-state index < -0.39 is 0 Å². The topological polar surface area (TPSA) is 48.1 Å². The number of hydrogen-bond donors (Lipinski definition) is 1. The van der Waals surface area contributed by atoms with E-state index in [4.69, 9.17) is 10.5 Å². The number of aromatic nitrogens is 1. The summed E-state index contributed by atoms with van der Waals surface area (Å²) in [6.07, 6.45) is 3.58. The summed E-state index contributed by atoms with van der Waals surface area (Å²) >= 11 is 0. The second kappa shape index (κ2) is 5.08. The van der Waals surface area contributed by atoms with Crippen LogP contribution in [0.25, 0.3) is 0 Å².